The molecule has 140 valence electrons. The molecule has 1 saturated heterocycles. The van der Waals surface area contributed by atoms with Crippen molar-refractivity contribution in [3.05, 3.63) is 0 Å². The third-order valence-corrected chi connectivity index (χ3v) is 6.08. The Labute approximate surface area is 168 Å². The molecule has 2 fully saturated rings. The van der Waals surface area contributed by atoms with Gasteiger partial charge in [0.2, 0.25) is 5.91 Å². The van der Waals surface area contributed by atoms with E-state index in [0.29, 0.717) is 24.3 Å². The van der Waals surface area contributed by atoms with E-state index in [-0.39, 0.29) is 29.9 Å². The summed E-state index contributed by atoms with van der Waals surface area (Å²) in [6.45, 7) is 4.99. The summed E-state index contributed by atoms with van der Waals surface area (Å²) in [5.74, 6) is 2.26. The van der Waals surface area contributed by atoms with Crippen LogP contribution in [0.4, 0.5) is 0 Å². The molecular formula is C17H33IN4OS. The zero-order valence-electron chi connectivity index (χ0n) is 15.1. The number of rotatable bonds is 5. The zero-order valence-corrected chi connectivity index (χ0v) is 18.2. The van der Waals surface area contributed by atoms with Crippen LogP contribution in [0.3, 0.4) is 0 Å². The van der Waals surface area contributed by atoms with Gasteiger partial charge in [0.1, 0.15) is 0 Å². The summed E-state index contributed by atoms with van der Waals surface area (Å²) in [4.78, 5) is 18.8. The van der Waals surface area contributed by atoms with Gasteiger partial charge in [-0.1, -0.05) is 26.2 Å². The number of halogens is 1. The molecule has 7 heteroatoms. The maximum absolute atomic E-state index is 12.0. The maximum Gasteiger partial charge on any atom is 0.221 e. The van der Waals surface area contributed by atoms with Crippen LogP contribution in [-0.2, 0) is 4.79 Å². The predicted octanol–water partition coefficient (Wildman–Crippen LogP) is 2.85. The first-order chi connectivity index (χ1) is 11.2. The van der Waals surface area contributed by atoms with Crippen molar-refractivity contribution in [3.8, 4) is 0 Å². The summed E-state index contributed by atoms with van der Waals surface area (Å²) < 4.78 is 0. The van der Waals surface area contributed by atoms with E-state index in [1.54, 1.807) is 0 Å². The number of aliphatic imine (C=N–C) groups is 1. The van der Waals surface area contributed by atoms with Crippen LogP contribution in [-0.4, -0.2) is 60.5 Å². The lowest BCUT2D eigenvalue weighted by atomic mass is 9.95. The lowest BCUT2D eigenvalue weighted by Gasteiger charge is -2.34. The summed E-state index contributed by atoms with van der Waals surface area (Å²) in [7, 11) is 1.83. The van der Waals surface area contributed by atoms with E-state index in [1.165, 1.54) is 25.7 Å². The minimum Gasteiger partial charge on any atom is -0.356 e. The summed E-state index contributed by atoms with van der Waals surface area (Å²) in [5, 5.41) is 7.22. The molecule has 0 aromatic rings. The first-order valence-electron chi connectivity index (χ1n) is 9.09. The Morgan fingerprint density at radius 3 is 2.71 bits per heavy atom. The van der Waals surface area contributed by atoms with Gasteiger partial charge >= 0.3 is 0 Å². The summed E-state index contributed by atoms with van der Waals surface area (Å²) in [5.41, 5.74) is 0. The lowest BCUT2D eigenvalue weighted by Crippen LogP contribution is -2.48. The van der Waals surface area contributed by atoms with Crippen LogP contribution in [0.15, 0.2) is 4.99 Å². The highest BCUT2D eigenvalue weighted by atomic mass is 127. The highest BCUT2D eigenvalue weighted by molar-refractivity contribution is 14.0. The second kappa shape index (κ2) is 12.2. The molecule has 24 heavy (non-hydrogen) atoms. The van der Waals surface area contributed by atoms with Crippen molar-refractivity contribution in [2.24, 2.45) is 4.99 Å². The van der Waals surface area contributed by atoms with Crippen LogP contribution in [0.25, 0.3) is 0 Å². The fraction of sp³-hybridized carbons (Fsp3) is 0.882. The van der Waals surface area contributed by atoms with Gasteiger partial charge < -0.3 is 15.5 Å². The van der Waals surface area contributed by atoms with Crippen molar-refractivity contribution < 1.29 is 4.79 Å². The van der Waals surface area contributed by atoms with Crippen LogP contribution < -0.4 is 10.6 Å². The van der Waals surface area contributed by atoms with Crippen LogP contribution >= 0.6 is 35.7 Å². The molecule has 0 bridgehead atoms. The number of guanidine groups is 1. The number of nitrogens with one attached hydrogen (secondary N) is 2. The molecule has 0 aromatic carbocycles. The topological polar surface area (TPSA) is 56.7 Å². The molecule has 0 aromatic heterocycles. The van der Waals surface area contributed by atoms with Crippen molar-refractivity contribution in [3.63, 3.8) is 0 Å². The van der Waals surface area contributed by atoms with Gasteiger partial charge in [-0.15, -0.1) is 24.0 Å². The third-order valence-electron chi connectivity index (χ3n) is 4.71. The number of hydrogen-bond acceptors (Lipinski definition) is 3. The Bertz CT molecular complexity index is 402. The predicted molar refractivity (Wildman–Crippen MR) is 115 cm³/mol. The number of carbonyl (C=O) groups is 1. The molecule has 1 aliphatic heterocycles. The van der Waals surface area contributed by atoms with Gasteiger partial charge in [0.05, 0.1) is 0 Å². The number of nitrogens with zero attached hydrogens (tertiary/aromatic N) is 2. The normalized spacial score (nSPS) is 22.7. The number of carbonyl (C=O) groups excluding carboxylic acids is 1. The Morgan fingerprint density at radius 2 is 2.04 bits per heavy atom. The highest BCUT2D eigenvalue weighted by Crippen LogP contribution is 2.21. The summed E-state index contributed by atoms with van der Waals surface area (Å²) in [6, 6.07) is 0.403. The largest absolute Gasteiger partial charge is 0.356 e. The molecular weight excluding hydrogens is 435 g/mol. The lowest BCUT2D eigenvalue weighted by molar-refractivity contribution is -0.121. The molecule has 1 heterocycles. The average Bonchev–Trinajstić information content (AvgIpc) is 2.59. The Kier molecular flexibility index (Phi) is 11.1. The van der Waals surface area contributed by atoms with E-state index in [1.807, 2.05) is 7.05 Å². The second-order valence-electron chi connectivity index (χ2n) is 6.47. The van der Waals surface area contributed by atoms with Gasteiger partial charge in [-0.3, -0.25) is 9.79 Å². The van der Waals surface area contributed by atoms with Crippen molar-refractivity contribution >= 4 is 47.6 Å². The number of hydrogen-bond donors (Lipinski definition) is 2. The van der Waals surface area contributed by atoms with E-state index in [9.17, 15) is 4.79 Å². The van der Waals surface area contributed by atoms with Crippen LogP contribution in [0.1, 0.15) is 51.9 Å². The quantitative estimate of drug-likeness (QED) is 0.370. The van der Waals surface area contributed by atoms with Gasteiger partial charge in [0.25, 0.3) is 0 Å². The molecule has 2 N–H and O–H groups in total. The fourth-order valence-electron chi connectivity index (χ4n) is 3.33. The molecule has 0 spiro atoms. The van der Waals surface area contributed by atoms with Crippen molar-refractivity contribution in [1.29, 1.82) is 0 Å². The van der Waals surface area contributed by atoms with Gasteiger partial charge in [-0.25, -0.2) is 0 Å². The molecule has 1 aliphatic carbocycles. The minimum absolute atomic E-state index is 0. The van der Waals surface area contributed by atoms with Crippen molar-refractivity contribution in [2.45, 2.75) is 63.2 Å². The average molecular weight is 468 g/mol. The van der Waals surface area contributed by atoms with Crippen LogP contribution in [0.5, 0.6) is 0 Å². The fourth-order valence-corrected chi connectivity index (χ4v) is 4.51. The van der Waals surface area contributed by atoms with E-state index < -0.39 is 0 Å². The van der Waals surface area contributed by atoms with Gasteiger partial charge in [-0.05, 0) is 19.3 Å². The van der Waals surface area contributed by atoms with Gasteiger partial charge in [-0.2, -0.15) is 11.8 Å². The van der Waals surface area contributed by atoms with E-state index in [0.717, 1.165) is 37.6 Å². The Hall–Kier alpha value is -0.180. The van der Waals surface area contributed by atoms with E-state index >= 15 is 0 Å². The molecule has 0 radical (unpaired) electrons. The molecule has 1 saturated carbocycles. The third kappa shape index (κ3) is 7.37. The minimum atomic E-state index is 0. The first kappa shape index (κ1) is 21.9. The molecule has 5 nitrogen and oxygen atoms in total. The van der Waals surface area contributed by atoms with E-state index in [4.69, 9.17) is 0 Å². The first-order valence-corrected chi connectivity index (χ1v) is 10.1. The maximum atomic E-state index is 12.0. The standard InChI is InChI=1S/C17H32N4OS.HI/c1-3-15-13-21(11-12-23-15)17(18-2)19-10-9-16(22)20-14-7-5-4-6-8-14;/h14-15H,3-13H2,1-2H3,(H,18,19)(H,20,22);1H. The van der Waals surface area contributed by atoms with Crippen molar-refractivity contribution in [2.75, 3.05) is 32.4 Å². The van der Waals surface area contributed by atoms with Crippen molar-refractivity contribution in [1.82, 2.24) is 15.5 Å². The molecule has 1 unspecified atom stereocenters. The number of thioether (sulfide) groups is 1. The molecule has 2 rings (SSSR count). The molecule has 1 atom stereocenters. The smallest absolute Gasteiger partial charge is 0.221 e. The van der Waals surface area contributed by atoms with Gasteiger partial charge in [0, 0.05) is 50.1 Å². The highest BCUT2D eigenvalue weighted by Gasteiger charge is 2.21. The summed E-state index contributed by atoms with van der Waals surface area (Å²) in [6.07, 6.45) is 7.83. The van der Waals surface area contributed by atoms with Crippen LogP contribution in [0, 0.1) is 0 Å². The monoisotopic (exact) mass is 468 g/mol. The number of amides is 1. The molecule has 1 amide bonds. The zero-order chi connectivity index (χ0) is 16.5. The summed E-state index contributed by atoms with van der Waals surface area (Å²) >= 11 is 2.05. The Morgan fingerprint density at radius 1 is 1.29 bits per heavy atom. The molecule has 2 aliphatic rings. The SMILES string of the molecule is CCC1CN(C(=NC)NCCC(=O)NC2CCCCC2)CCS1.I. The Balaban J connectivity index is 0.00000288. The second-order valence-corrected chi connectivity index (χ2v) is 7.88. The van der Waals surface area contributed by atoms with E-state index in [2.05, 4.69) is 39.2 Å². The van der Waals surface area contributed by atoms with Crippen LogP contribution in [0.2, 0.25) is 0 Å². The van der Waals surface area contributed by atoms with Gasteiger partial charge in [0.15, 0.2) is 5.96 Å².